The van der Waals surface area contributed by atoms with Crippen LogP contribution in [0.1, 0.15) is 18.4 Å². The molecule has 0 spiro atoms. The molecule has 0 amide bonds. The van der Waals surface area contributed by atoms with E-state index in [2.05, 4.69) is 27.9 Å². The van der Waals surface area contributed by atoms with Crippen LogP contribution in [0.2, 0.25) is 0 Å². The molecule has 2 heterocycles. The van der Waals surface area contributed by atoms with Crippen molar-refractivity contribution in [2.75, 3.05) is 18.5 Å². The van der Waals surface area contributed by atoms with Crippen molar-refractivity contribution in [1.29, 1.82) is 0 Å². The summed E-state index contributed by atoms with van der Waals surface area (Å²) in [6.45, 7) is 2.41. The smallest absolute Gasteiger partial charge is 0.170 e. The minimum Gasteiger partial charge on any atom is -0.376 e. The number of anilines is 1. The molecule has 0 aliphatic carbocycles. The largest absolute Gasteiger partial charge is 0.376 e. The quantitative estimate of drug-likeness (QED) is 0.830. The summed E-state index contributed by atoms with van der Waals surface area (Å²) >= 11 is 5.30. The average Bonchev–Trinajstić information content (AvgIpc) is 3.20. The van der Waals surface area contributed by atoms with E-state index in [1.807, 2.05) is 29.1 Å². The Hall–Kier alpha value is -1.92. The fraction of sp³-hybridized carbons (Fsp3) is 0.375. The Balaban J connectivity index is 1.46. The van der Waals surface area contributed by atoms with Gasteiger partial charge in [-0.15, -0.1) is 0 Å². The fourth-order valence-electron chi connectivity index (χ4n) is 2.46. The SMILES string of the molecule is S=C(NCC1CCCO1)Nc1ccc(Cn2cccn2)cc1. The minimum absolute atomic E-state index is 0.288. The van der Waals surface area contributed by atoms with Gasteiger partial charge in [0, 0.05) is 31.2 Å². The monoisotopic (exact) mass is 316 g/mol. The number of ether oxygens (including phenoxy) is 1. The predicted molar refractivity (Wildman–Crippen MR) is 91.0 cm³/mol. The highest BCUT2D eigenvalue weighted by atomic mass is 32.1. The molecule has 1 fully saturated rings. The zero-order valence-corrected chi connectivity index (χ0v) is 13.2. The van der Waals surface area contributed by atoms with E-state index in [1.54, 1.807) is 6.20 Å². The van der Waals surface area contributed by atoms with E-state index >= 15 is 0 Å². The molecule has 5 nitrogen and oxygen atoms in total. The van der Waals surface area contributed by atoms with Crippen LogP contribution in [-0.4, -0.2) is 34.1 Å². The molecule has 1 saturated heterocycles. The number of nitrogens with one attached hydrogen (secondary N) is 2. The summed E-state index contributed by atoms with van der Waals surface area (Å²) in [6, 6.07) is 10.1. The summed E-state index contributed by atoms with van der Waals surface area (Å²) in [5.41, 5.74) is 2.18. The number of nitrogens with zero attached hydrogens (tertiary/aromatic N) is 2. The third-order valence-corrected chi connectivity index (χ3v) is 3.88. The summed E-state index contributed by atoms with van der Waals surface area (Å²) in [6.07, 6.45) is 6.28. The van der Waals surface area contributed by atoms with Gasteiger partial charge in [0.1, 0.15) is 0 Å². The van der Waals surface area contributed by atoms with Crippen molar-refractivity contribution in [3.63, 3.8) is 0 Å². The summed E-state index contributed by atoms with van der Waals surface area (Å²) in [7, 11) is 0. The fourth-order valence-corrected chi connectivity index (χ4v) is 2.66. The Bertz CT molecular complexity index is 591. The van der Waals surface area contributed by atoms with Gasteiger partial charge in [0.15, 0.2) is 5.11 Å². The van der Waals surface area contributed by atoms with E-state index in [0.717, 1.165) is 38.2 Å². The average molecular weight is 316 g/mol. The van der Waals surface area contributed by atoms with Crippen molar-refractivity contribution >= 4 is 23.0 Å². The summed E-state index contributed by atoms with van der Waals surface area (Å²) in [5, 5.41) is 11.2. The van der Waals surface area contributed by atoms with E-state index in [9.17, 15) is 0 Å². The van der Waals surface area contributed by atoms with Crippen molar-refractivity contribution in [2.45, 2.75) is 25.5 Å². The van der Waals surface area contributed by atoms with Crippen LogP contribution in [-0.2, 0) is 11.3 Å². The zero-order valence-electron chi connectivity index (χ0n) is 12.4. The standard InChI is InChI=1S/C16H20N4OS/c22-16(17-11-15-3-1-10-21-15)19-14-6-4-13(5-7-14)12-20-9-2-8-18-20/h2,4-9,15H,1,3,10-12H2,(H2,17,19,22). The second-order valence-electron chi connectivity index (χ2n) is 5.37. The molecule has 1 aromatic heterocycles. The molecule has 0 radical (unpaired) electrons. The van der Waals surface area contributed by atoms with Crippen molar-refractivity contribution in [1.82, 2.24) is 15.1 Å². The van der Waals surface area contributed by atoms with Gasteiger partial charge < -0.3 is 15.4 Å². The second kappa shape index (κ2) is 7.38. The molecule has 2 aromatic rings. The second-order valence-corrected chi connectivity index (χ2v) is 5.78. The lowest BCUT2D eigenvalue weighted by Gasteiger charge is -2.14. The topological polar surface area (TPSA) is 51.1 Å². The van der Waals surface area contributed by atoms with Crippen LogP contribution < -0.4 is 10.6 Å². The molecule has 1 aromatic carbocycles. The van der Waals surface area contributed by atoms with Gasteiger partial charge >= 0.3 is 0 Å². The lowest BCUT2D eigenvalue weighted by molar-refractivity contribution is 0.114. The van der Waals surface area contributed by atoms with E-state index < -0.39 is 0 Å². The number of aromatic nitrogens is 2. The van der Waals surface area contributed by atoms with Crippen molar-refractivity contribution in [2.24, 2.45) is 0 Å². The van der Waals surface area contributed by atoms with Crippen LogP contribution in [0.15, 0.2) is 42.7 Å². The van der Waals surface area contributed by atoms with Gasteiger partial charge in [-0.2, -0.15) is 5.10 Å². The maximum Gasteiger partial charge on any atom is 0.170 e. The highest BCUT2D eigenvalue weighted by Gasteiger charge is 2.15. The number of rotatable bonds is 5. The summed E-state index contributed by atoms with van der Waals surface area (Å²) < 4.78 is 7.46. The minimum atomic E-state index is 0.288. The van der Waals surface area contributed by atoms with Gasteiger partial charge in [0.25, 0.3) is 0 Å². The van der Waals surface area contributed by atoms with Crippen LogP contribution in [0.3, 0.4) is 0 Å². The van der Waals surface area contributed by atoms with Crippen LogP contribution >= 0.6 is 12.2 Å². The van der Waals surface area contributed by atoms with E-state index in [1.165, 1.54) is 5.56 Å². The van der Waals surface area contributed by atoms with Gasteiger partial charge in [-0.25, -0.2) is 0 Å². The van der Waals surface area contributed by atoms with Crippen molar-refractivity contribution in [3.8, 4) is 0 Å². The van der Waals surface area contributed by atoms with Crippen LogP contribution in [0, 0.1) is 0 Å². The first-order chi connectivity index (χ1) is 10.8. The highest BCUT2D eigenvalue weighted by Crippen LogP contribution is 2.12. The molecule has 116 valence electrons. The van der Waals surface area contributed by atoms with E-state index in [0.29, 0.717) is 5.11 Å². The van der Waals surface area contributed by atoms with E-state index in [4.69, 9.17) is 17.0 Å². The van der Waals surface area contributed by atoms with Crippen LogP contribution in [0.25, 0.3) is 0 Å². The molecule has 0 saturated carbocycles. The third kappa shape index (κ3) is 4.29. The number of hydrogen-bond donors (Lipinski definition) is 2. The summed E-state index contributed by atoms with van der Waals surface area (Å²) in [5.74, 6) is 0. The molecule has 1 unspecified atom stereocenters. The number of thiocarbonyl (C=S) groups is 1. The number of benzene rings is 1. The first-order valence-electron chi connectivity index (χ1n) is 7.52. The molecule has 3 rings (SSSR count). The first-order valence-corrected chi connectivity index (χ1v) is 7.93. The maximum atomic E-state index is 5.56. The van der Waals surface area contributed by atoms with Crippen LogP contribution in [0.4, 0.5) is 5.69 Å². The maximum absolute atomic E-state index is 5.56. The Morgan fingerprint density at radius 2 is 2.23 bits per heavy atom. The molecule has 0 bridgehead atoms. The summed E-state index contributed by atoms with van der Waals surface area (Å²) in [4.78, 5) is 0. The Morgan fingerprint density at radius 3 is 2.91 bits per heavy atom. The molecule has 22 heavy (non-hydrogen) atoms. The number of hydrogen-bond acceptors (Lipinski definition) is 3. The zero-order chi connectivity index (χ0) is 15.2. The van der Waals surface area contributed by atoms with Crippen LogP contribution in [0.5, 0.6) is 0 Å². The molecule has 1 aliphatic heterocycles. The Kier molecular flexibility index (Phi) is 5.03. The van der Waals surface area contributed by atoms with Crippen molar-refractivity contribution < 1.29 is 4.74 Å². The molecule has 1 aliphatic rings. The van der Waals surface area contributed by atoms with Gasteiger partial charge in [0.2, 0.25) is 0 Å². The predicted octanol–water partition coefficient (Wildman–Crippen LogP) is 2.40. The third-order valence-electron chi connectivity index (χ3n) is 3.63. The molecular weight excluding hydrogens is 296 g/mol. The molecule has 6 heteroatoms. The van der Waals surface area contributed by atoms with Gasteiger partial charge in [-0.1, -0.05) is 12.1 Å². The van der Waals surface area contributed by atoms with Gasteiger partial charge in [-0.05, 0) is 48.8 Å². The lowest BCUT2D eigenvalue weighted by atomic mass is 10.2. The van der Waals surface area contributed by atoms with Gasteiger partial charge in [-0.3, -0.25) is 4.68 Å². The molecule has 2 N–H and O–H groups in total. The Labute approximate surface area is 135 Å². The lowest BCUT2D eigenvalue weighted by Crippen LogP contribution is -2.34. The molecular formula is C16H20N4OS. The Morgan fingerprint density at radius 1 is 1.36 bits per heavy atom. The van der Waals surface area contributed by atoms with Gasteiger partial charge in [0.05, 0.1) is 12.6 Å². The normalized spacial score (nSPS) is 17.4. The highest BCUT2D eigenvalue weighted by molar-refractivity contribution is 7.80. The van der Waals surface area contributed by atoms with Crippen molar-refractivity contribution in [3.05, 3.63) is 48.3 Å². The van der Waals surface area contributed by atoms with E-state index in [-0.39, 0.29) is 6.10 Å². The first kappa shape index (κ1) is 15.0. The molecule has 1 atom stereocenters.